The number of halogens is 1. The SMILES string of the molecule is CNc1cc(Nc2ccc(Br)cc2)nc(COC)n1. The topological polar surface area (TPSA) is 59.1 Å². The zero-order valence-electron chi connectivity index (χ0n) is 10.8. The summed E-state index contributed by atoms with van der Waals surface area (Å²) in [5.74, 6) is 2.12. The average Bonchev–Trinajstić information content (AvgIpc) is 2.41. The molecule has 1 heterocycles. The summed E-state index contributed by atoms with van der Waals surface area (Å²) < 4.78 is 6.10. The van der Waals surface area contributed by atoms with Crippen molar-refractivity contribution in [1.29, 1.82) is 0 Å². The van der Waals surface area contributed by atoms with Crippen molar-refractivity contribution >= 4 is 33.3 Å². The number of benzene rings is 1. The van der Waals surface area contributed by atoms with Gasteiger partial charge in [0.15, 0.2) is 5.82 Å². The van der Waals surface area contributed by atoms with Gasteiger partial charge in [0.1, 0.15) is 18.2 Å². The second kappa shape index (κ2) is 6.49. The van der Waals surface area contributed by atoms with E-state index in [-0.39, 0.29) is 0 Å². The van der Waals surface area contributed by atoms with E-state index >= 15 is 0 Å². The van der Waals surface area contributed by atoms with Crippen LogP contribution in [0.1, 0.15) is 5.82 Å². The number of hydrogen-bond acceptors (Lipinski definition) is 5. The molecule has 0 aliphatic heterocycles. The molecule has 2 rings (SSSR count). The van der Waals surface area contributed by atoms with E-state index in [1.165, 1.54) is 0 Å². The van der Waals surface area contributed by atoms with Crippen LogP contribution in [0.15, 0.2) is 34.8 Å². The van der Waals surface area contributed by atoms with Crippen LogP contribution in [0.2, 0.25) is 0 Å². The Morgan fingerprint density at radius 2 is 1.84 bits per heavy atom. The van der Waals surface area contributed by atoms with E-state index in [0.29, 0.717) is 12.4 Å². The summed E-state index contributed by atoms with van der Waals surface area (Å²) in [6.07, 6.45) is 0. The maximum absolute atomic E-state index is 5.06. The van der Waals surface area contributed by atoms with E-state index in [2.05, 4.69) is 36.5 Å². The zero-order chi connectivity index (χ0) is 13.7. The van der Waals surface area contributed by atoms with Crippen LogP contribution in [0.25, 0.3) is 0 Å². The van der Waals surface area contributed by atoms with Gasteiger partial charge in [0.05, 0.1) is 0 Å². The number of methoxy groups -OCH3 is 1. The van der Waals surface area contributed by atoms with E-state index < -0.39 is 0 Å². The maximum atomic E-state index is 5.06. The van der Waals surface area contributed by atoms with Crippen LogP contribution in [0, 0.1) is 0 Å². The second-order valence-corrected chi connectivity index (χ2v) is 4.79. The first kappa shape index (κ1) is 13.8. The number of hydrogen-bond donors (Lipinski definition) is 2. The molecule has 0 spiro atoms. The van der Waals surface area contributed by atoms with Gasteiger partial charge in [0.2, 0.25) is 0 Å². The highest BCUT2D eigenvalue weighted by molar-refractivity contribution is 9.10. The predicted molar refractivity (Wildman–Crippen MR) is 79.7 cm³/mol. The van der Waals surface area contributed by atoms with Crippen molar-refractivity contribution < 1.29 is 4.74 Å². The van der Waals surface area contributed by atoms with Gasteiger partial charge < -0.3 is 15.4 Å². The monoisotopic (exact) mass is 322 g/mol. The van der Waals surface area contributed by atoms with Gasteiger partial charge in [0.25, 0.3) is 0 Å². The molecular formula is C13H15BrN4O. The Morgan fingerprint density at radius 1 is 1.16 bits per heavy atom. The van der Waals surface area contributed by atoms with Crippen LogP contribution in [-0.2, 0) is 11.3 Å². The Morgan fingerprint density at radius 3 is 2.47 bits per heavy atom. The average molecular weight is 323 g/mol. The smallest absolute Gasteiger partial charge is 0.158 e. The molecule has 5 nitrogen and oxygen atoms in total. The van der Waals surface area contributed by atoms with Crippen molar-refractivity contribution in [2.24, 2.45) is 0 Å². The molecule has 19 heavy (non-hydrogen) atoms. The number of nitrogens with one attached hydrogen (secondary N) is 2. The van der Waals surface area contributed by atoms with Crippen molar-refractivity contribution in [2.45, 2.75) is 6.61 Å². The van der Waals surface area contributed by atoms with Gasteiger partial charge in [-0.05, 0) is 24.3 Å². The third-order valence-electron chi connectivity index (χ3n) is 2.42. The molecule has 0 saturated heterocycles. The summed E-state index contributed by atoms with van der Waals surface area (Å²) in [6, 6.07) is 9.74. The first-order valence-electron chi connectivity index (χ1n) is 5.78. The van der Waals surface area contributed by atoms with Crippen LogP contribution >= 0.6 is 15.9 Å². The Labute approximate surface area is 120 Å². The van der Waals surface area contributed by atoms with Crippen molar-refractivity contribution in [3.8, 4) is 0 Å². The Balaban J connectivity index is 2.23. The van der Waals surface area contributed by atoms with E-state index in [1.54, 1.807) is 7.11 Å². The summed E-state index contributed by atoms with van der Waals surface area (Å²) >= 11 is 3.41. The lowest BCUT2D eigenvalue weighted by atomic mass is 10.3. The van der Waals surface area contributed by atoms with Crippen molar-refractivity contribution in [3.63, 3.8) is 0 Å². The van der Waals surface area contributed by atoms with E-state index in [9.17, 15) is 0 Å². The molecule has 2 N–H and O–H groups in total. The van der Waals surface area contributed by atoms with Crippen molar-refractivity contribution in [3.05, 3.63) is 40.6 Å². The van der Waals surface area contributed by atoms with Gasteiger partial charge in [0, 0.05) is 30.4 Å². The molecule has 0 amide bonds. The van der Waals surface area contributed by atoms with E-state index in [0.717, 1.165) is 21.8 Å². The first-order valence-corrected chi connectivity index (χ1v) is 6.58. The quantitative estimate of drug-likeness (QED) is 0.885. The summed E-state index contributed by atoms with van der Waals surface area (Å²) in [5, 5.41) is 6.24. The van der Waals surface area contributed by atoms with Gasteiger partial charge >= 0.3 is 0 Å². The van der Waals surface area contributed by atoms with E-state index in [1.807, 2.05) is 37.4 Å². The molecule has 2 aromatic rings. The normalized spacial score (nSPS) is 10.3. The highest BCUT2D eigenvalue weighted by Gasteiger charge is 2.04. The zero-order valence-corrected chi connectivity index (χ0v) is 12.4. The molecule has 0 fully saturated rings. The summed E-state index contributed by atoms with van der Waals surface area (Å²) in [6.45, 7) is 0.380. The second-order valence-electron chi connectivity index (χ2n) is 3.87. The van der Waals surface area contributed by atoms with Gasteiger partial charge in [-0.15, -0.1) is 0 Å². The van der Waals surface area contributed by atoms with E-state index in [4.69, 9.17) is 4.74 Å². The predicted octanol–water partition coefficient (Wildman–Crippen LogP) is 3.17. The van der Waals surface area contributed by atoms with Crippen LogP contribution in [0.4, 0.5) is 17.3 Å². The van der Waals surface area contributed by atoms with Crippen LogP contribution < -0.4 is 10.6 Å². The fourth-order valence-electron chi connectivity index (χ4n) is 1.56. The molecule has 1 aromatic carbocycles. The molecule has 0 aliphatic carbocycles. The fraction of sp³-hybridized carbons (Fsp3) is 0.231. The highest BCUT2D eigenvalue weighted by atomic mass is 79.9. The van der Waals surface area contributed by atoms with Gasteiger partial charge in [-0.2, -0.15) is 0 Å². The highest BCUT2D eigenvalue weighted by Crippen LogP contribution is 2.19. The van der Waals surface area contributed by atoms with Crippen LogP contribution in [-0.4, -0.2) is 24.1 Å². The number of ether oxygens (including phenoxy) is 1. The minimum atomic E-state index is 0.380. The first-order chi connectivity index (χ1) is 9.21. The lowest BCUT2D eigenvalue weighted by Crippen LogP contribution is -2.04. The van der Waals surface area contributed by atoms with Gasteiger partial charge in [-0.3, -0.25) is 0 Å². The fourth-order valence-corrected chi connectivity index (χ4v) is 1.83. The third-order valence-corrected chi connectivity index (χ3v) is 2.95. The molecule has 0 unspecified atom stereocenters. The maximum Gasteiger partial charge on any atom is 0.158 e. The molecule has 100 valence electrons. The van der Waals surface area contributed by atoms with Gasteiger partial charge in [-0.25, -0.2) is 9.97 Å². The lowest BCUT2D eigenvalue weighted by molar-refractivity contribution is 0.178. The molecular weight excluding hydrogens is 308 g/mol. The summed E-state index contributed by atoms with van der Waals surface area (Å²) in [4.78, 5) is 8.69. The third kappa shape index (κ3) is 3.90. The molecule has 0 atom stereocenters. The Hall–Kier alpha value is -1.66. The summed E-state index contributed by atoms with van der Waals surface area (Å²) in [7, 11) is 3.44. The van der Waals surface area contributed by atoms with Crippen LogP contribution in [0.3, 0.4) is 0 Å². The molecule has 0 bridgehead atoms. The number of nitrogens with zero attached hydrogens (tertiary/aromatic N) is 2. The van der Waals surface area contributed by atoms with Crippen molar-refractivity contribution in [1.82, 2.24) is 9.97 Å². The van der Waals surface area contributed by atoms with Crippen molar-refractivity contribution in [2.75, 3.05) is 24.8 Å². The minimum Gasteiger partial charge on any atom is -0.377 e. The number of anilines is 3. The van der Waals surface area contributed by atoms with Gasteiger partial charge in [-0.1, -0.05) is 15.9 Å². The molecule has 1 aromatic heterocycles. The molecule has 6 heteroatoms. The Kier molecular flexibility index (Phi) is 4.70. The summed E-state index contributed by atoms with van der Waals surface area (Å²) in [5.41, 5.74) is 0.965. The molecule has 0 aliphatic rings. The number of rotatable bonds is 5. The standard InChI is InChI=1S/C13H15BrN4O/c1-15-11-7-12(18-13(17-11)8-19-2)16-10-5-3-9(14)4-6-10/h3-7H,8H2,1-2H3,(H2,15,16,17,18). The minimum absolute atomic E-state index is 0.380. The number of aromatic nitrogens is 2. The molecule has 0 saturated carbocycles. The lowest BCUT2D eigenvalue weighted by Gasteiger charge is -2.09. The Bertz CT molecular complexity index is 545. The largest absolute Gasteiger partial charge is 0.377 e. The molecule has 0 radical (unpaired) electrons. The van der Waals surface area contributed by atoms with Crippen LogP contribution in [0.5, 0.6) is 0 Å².